The van der Waals surface area contributed by atoms with E-state index in [9.17, 15) is 30.0 Å². The van der Waals surface area contributed by atoms with Crippen LogP contribution in [0, 0.1) is 22.7 Å². The van der Waals surface area contributed by atoms with Crippen molar-refractivity contribution in [2.45, 2.75) is 77.5 Å². The molecule has 2 rings (SSSR count). The molecule has 2 aliphatic rings. The number of carbonyl (C=O) groups is 2. The Bertz CT molecular complexity index is 772. The molecule has 0 aromatic rings. The summed E-state index contributed by atoms with van der Waals surface area (Å²) in [7, 11) is 0. The van der Waals surface area contributed by atoms with Crippen LogP contribution < -0.4 is 5.32 Å². The molecule has 0 spiro atoms. The molecule has 2 fully saturated rings. The van der Waals surface area contributed by atoms with E-state index in [0.29, 0.717) is 12.8 Å². The third-order valence-electron chi connectivity index (χ3n) is 8.19. The number of carboxylic acids is 1. The number of carboxylic acid groups (broad SMARTS) is 1. The van der Waals surface area contributed by atoms with E-state index in [4.69, 9.17) is 0 Å². The SMILES string of the molecule is C=CC(C)=CCC1C2(C)CCCC(C)(CO)C2CC(O)C1(O)CSCC(NC(C)=O)C(=O)O. The first-order valence-electron chi connectivity index (χ1n) is 11.7. The highest BCUT2D eigenvalue weighted by Crippen LogP contribution is 2.63. The standard InChI is InChI=1S/C25H41NO6S/c1-6-16(2)8-9-19-24(5)11-7-10-23(4,14-27)20(24)12-21(29)25(19,32)15-33-13-18(22(30)31)26-17(3)28/h6,8,18-21,27,29,32H,1,7,9-15H2,2-5H3,(H,26,28)(H,30,31). The monoisotopic (exact) mass is 483 g/mol. The highest BCUT2D eigenvalue weighted by Gasteiger charge is 2.63. The second kappa shape index (κ2) is 10.9. The van der Waals surface area contributed by atoms with Crippen LogP contribution in [0.3, 0.4) is 0 Å². The van der Waals surface area contributed by atoms with Crippen LogP contribution in [0.2, 0.25) is 0 Å². The van der Waals surface area contributed by atoms with Crippen molar-refractivity contribution in [3.63, 3.8) is 0 Å². The first-order chi connectivity index (χ1) is 15.3. The lowest BCUT2D eigenvalue weighted by atomic mass is 9.44. The van der Waals surface area contributed by atoms with Gasteiger partial charge in [-0.1, -0.05) is 44.6 Å². The fourth-order valence-electron chi connectivity index (χ4n) is 6.23. The van der Waals surface area contributed by atoms with Gasteiger partial charge in [0.1, 0.15) is 11.6 Å². The molecule has 2 saturated carbocycles. The summed E-state index contributed by atoms with van der Waals surface area (Å²) in [6.45, 7) is 11.3. The Hall–Kier alpha value is -1.35. The highest BCUT2D eigenvalue weighted by molar-refractivity contribution is 7.99. The van der Waals surface area contributed by atoms with Crippen molar-refractivity contribution in [2.24, 2.45) is 22.7 Å². The lowest BCUT2D eigenvalue weighted by molar-refractivity contribution is -0.222. The number of aliphatic carboxylic acids is 1. The van der Waals surface area contributed by atoms with Gasteiger partial charge in [-0.05, 0) is 49.4 Å². The number of rotatable bonds is 10. The fraction of sp³-hybridized carbons (Fsp3) is 0.760. The quantitative estimate of drug-likeness (QED) is 0.302. The van der Waals surface area contributed by atoms with Crippen molar-refractivity contribution in [2.75, 3.05) is 18.1 Å². The van der Waals surface area contributed by atoms with E-state index in [1.807, 2.05) is 13.0 Å². The largest absolute Gasteiger partial charge is 0.480 e. The Labute approximate surface area is 201 Å². The number of fused-ring (bicyclic) bond motifs is 1. The molecule has 0 bridgehead atoms. The Morgan fingerprint density at radius 2 is 1.94 bits per heavy atom. The molecule has 0 aromatic carbocycles. The summed E-state index contributed by atoms with van der Waals surface area (Å²) in [6, 6.07) is -1.06. The number of aliphatic hydroxyl groups is 3. The van der Waals surface area contributed by atoms with Crippen LogP contribution in [-0.2, 0) is 9.59 Å². The molecule has 5 N–H and O–H groups in total. The van der Waals surface area contributed by atoms with E-state index in [1.54, 1.807) is 6.08 Å². The lowest BCUT2D eigenvalue weighted by Crippen LogP contribution is -2.66. The van der Waals surface area contributed by atoms with Gasteiger partial charge in [0.2, 0.25) is 5.91 Å². The van der Waals surface area contributed by atoms with Gasteiger partial charge < -0.3 is 25.7 Å². The first-order valence-corrected chi connectivity index (χ1v) is 12.9. The predicted molar refractivity (Wildman–Crippen MR) is 131 cm³/mol. The summed E-state index contributed by atoms with van der Waals surface area (Å²) in [5, 5.41) is 45.2. The maximum atomic E-state index is 11.9. The molecular formula is C25H41NO6S. The summed E-state index contributed by atoms with van der Waals surface area (Å²) in [4.78, 5) is 22.8. The fourth-order valence-corrected chi connectivity index (χ4v) is 7.53. The smallest absolute Gasteiger partial charge is 0.327 e. The van der Waals surface area contributed by atoms with Crippen LogP contribution in [0.5, 0.6) is 0 Å². The molecule has 0 saturated heterocycles. The van der Waals surface area contributed by atoms with Gasteiger partial charge in [-0.15, -0.1) is 0 Å². The number of nitrogens with one attached hydrogen (secondary N) is 1. The van der Waals surface area contributed by atoms with Crippen LogP contribution in [0.15, 0.2) is 24.3 Å². The molecular weight excluding hydrogens is 442 g/mol. The van der Waals surface area contributed by atoms with Crippen molar-refractivity contribution in [1.82, 2.24) is 5.32 Å². The predicted octanol–water partition coefficient (Wildman–Crippen LogP) is 2.75. The molecule has 1 amide bonds. The summed E-state index contributed by atoms with van der Waals surface area (Å²) >= 11 is 1.23. The molecule has 188 valence electrons. The molecule has 7 unspecified atom stereocenters. The van der Waals surface area contributed by atoms with E-state index in [2.05, 4.69) is 25.7 Å². The second-order valence-electron chi connectivity index (χ2n) is 10.5. The minimum Gasteiger partial charge on any atom is -0.480 e. The highest BCUT2D eigenvalue weighted by atomic mass is 32.2. The van der Waals surface area contributed by atoms with Crippen molar-refractivity contribution in [3.05, 3.63) is 24.3 Å². The van der Waals surface area contributed by atoms with Gasteiger partial charge in [-0.2, -0.15) is 11.8 Å². The summed E-state index contributed by atoms with van der Waals surface area (Å²) in [5.74, 6) is -1.54. The number of thioether (sulfide) groups is 1. The average molecular weight is 484 g/mol. The number of allylic oxidation sites excluding steroid dienone is 3. The lowest BCUT2D eigenvalue weighted by Gasteiger charge is -2.63. The summed E-state index contributed by atoms with van der Waals surface area (Å²) < 4.78 is 0. The van der Waals surface area contributed by atoms with Gasteiger partial charge in [0.05, 0.1) is 6.10 Å². The summed E-state index contributed by atoms with van der Waals surface area (Å²) in [5.41, 5.74) is -1.06. The van der Waals surface area contributed by atoms with Crippen LogP contribution in [-0.4, -0.2) is 68.2 Å². The third-order valence-corrected chi connectivity index (χ3v) is 9.42. The Morgan fingerprint density at radius 3 is 2.48 bits per heavy atom. The minimum absolute atomic E-state index is 0.0401. The van der Waals surface area contributed by atoms with E-state index in [-0.39, 0.29) is 40.8 Å². The molecule has 7 nitrogen and oxygen atoms in total. The molecule has 0 aliphatic heterocycles. The normalized spacial score (nSPS) is 37.7. The van der Waals surface area contributed by atoms with Gasteiger partial charge >= 0.3 is 5.97 Å². The van der Waals surface area contributed by atoms with Crippen molar-refractivity contribution >= 4 is 23.6 Å². The number of hydrogen-bond donors (Lipinski definition) is 5. The van der Waals surface area contributed by atoms with Crippen LogP contribution in [0.25, 0.3) is 0 Å². The molecule has 33 heavy (non-hydrogen) atoms. The molecule has 8 heteroatoms. The van der Waals surface area contributed by atoms with E-state index in [1.165, 1.54) is 18.7 Å². The second-order valence-corrected chi connectivity index (χ2v) is 11.5. The molecule has 0 heterocycles. The summed E-state index contributed by atoms with van der Waals surface area (Å²) in [6.07, 6.45) is 6.45. The zero-order valence-electron chi connectivity index (χ0n) is 20.3. The molecule has 7 atom stereocenters. The number of hydrogen-bond acceptors (Lipinski definition) is 6. The third kappa shape index (κ3) is 5.84. The van der Waals surface area contributed by atoms with E-state index >= 15 is 0 Å². The first kappa shape index (κ1) is 27.9. The van der Waals surface area contributed by atoms with Gasteiger partial charge in [-0.25, -0.2) is 4.79 Å². The average Bonchev–Trinajstić information content (AvgIpc) is 2.74. The zero-order valence-corrected chi connectivity index (χ0v) is 21.2. The van der Waals surface area contributed by atoms with Crippen molar-refractivity contribution < 1.29 is 30.0 Å². The number of amides is 1. The van der Waals surface area contributed by atoms with Gasteiger partial charge in [0.15, 0.2) is 0 Å². The number of carbonyl (C=O) groups excluding carboxylic acids is 1. The Morgan fingerprint density at radius 1 is 1.27 bits per heavy atom. The Balaban J connectivity index is 2.36. The Kier molecular flexibility index (Phi) is 9.24. The molecule has 0 radical (unpaired) electrons. The maximum Gasteiger partial charge on any atom is 0.327 e. The maximum absolute atomic E-state index is 11.9. The topological polar surface area (TPSA) is 127 Å². The van der Waals surface area contributed by atoms with Crippen molar-refractivity contribution in [1.29, 1.82) is 0 Å². The molecule has 2 aliphatic carbocycles. The van der Waals surface area contributed by atoms with Gasteiger partial charge in [0, 0.05) is 31.0 Å². The van der Waals surface area contributed by atoms with Crippen LogP contribution in [0.4, 0.5) is 0 Å². The minimum atomic E-state index is -1.43. The molecule has 0 aromatic heterocycles. The van der Waals surface area contributed by atoms with E-state index < -0.39 is 29.6 Å². The zero-order chi connectivity index (χ0) is 25.0. The van der Waals surface area contributed by atoms with E-state index in [0.717, 1.165) is 24.8 Å². The van der Waals surface area contributed by atoms with Gasteiger partial charge in [0.25, 0.3) is 0 Å². The van der Waals surface area contributed by atoms with Crippen LogP contribution >= 0.6 is 11.8 Å². The van der Waals surface area contributed by atoms with Crippen molar-refractivity contribution in [3.8, 4) is 0 Å². The number of aliphatic hydroxyl groups excluding tert-OH is 2. The van der Waals surface area contributed by atoms with Gasteiger partial charge in [-0.3, -0.25) is 4.79 Å². The van der Waals surface area contributed by atoms with Crippen LogP contribution in [0.1, 0.15) is 59.8 Å².